The Kier molecular flexibility index (Phi) is 4.21. The quantitative estimate of drug-likeness (QED) is 0.866. The van der Waals surface area contributed by atoms with Gasteiger partial charge in [0.2, 0.25) is 0 Å². The third kappa shape index (κ3) is 3.74. The van der Waals surface area contributed by atoms with E-state index in [1.807, 2.05) is 0 Å². The van der Waals surface area contributed by atoms with Crippen LogP contribution in [0.1, 0.15) is 49.9 Å². The van der Waals surface area contributed by atoms with Gasteiger partial charge in [-0.1, -0.05) is 26.8 Å². The van der Waals surface area contributed by atoms with Crippen molar-refractivity contribution in [3.05, 3.63) is 28.8 Å². The topological polar surface area (TPSA) is 35.2 Å². The molecule has 0 bridgehead atoms. The molecule has 0 aliphatic heterocycles. The summed E-state index contributed by atoms with van der Waals surface area (Å²) in [5.41, 5.74) is 10.1. The van der Waals surface area contributed by atoms with Crippen molar-refractivity contribution in [1.29, 1.82) is 0 Å². The highest BCUT2D eigenvalue weighted by Crippen LogP contribution is 2.32. The monoisotopic (exact) mass is 235 g/mol. The summed E-state index contributed by atoms with van der Waals surface area (Å²) in [7, 11) is 1.70. The first-order valence-electron chi connectivity index (χ1n) is 6.15. The average Bonchev–Trinajstić information content (AvgIpc) is 2.18. The standard InChI is InChI=1S/C15H25NO/c1-10-8-14(17-6)11(2)7-12(10)13(16)9-15(3,4)5/h7-8,13H,9,16H2,1-6H3. The van der Waals surface area contributed by atoms with Crippen molar-refractivity contribution >= 4 is 0 Å². The first kappa shape index (κ1) is 14.0. The Morgan fingerprint density at radius 1 is 1.18 bits per heavy atom. The second-order valence-corrected chi connectivity index (χ2v) is 6.05. The van der Waals surface area contributed by atoms with Crippen LogP contribution in [0.15, 0.2) is 12.1 Å². The molecule has 1 rings (SSSR count). The van der Waals surface area contributed by atoms with E-state index in [1.165, 1.54) is 11.1 Å². The van der Waals surface area contributed by atoms with Gasteiger partial charge in [-0.2, -0.15) is 0 Å². The van der Waals surface area contributed by atoms with Crippen LogP contribution in [0.4, 0.5) is 0 Å². The van der Waals surface area contributed by atoms with E-state index in [4.69, 9.17) is 10.5 Å². The summed E-state index contributed by atoms with van der Waals surface area (Å²) < 4.78 is 5.32. The van der Waals surface area contributed by atoms with E-state index in [0.717, 1.165) is 17.7 Å². The minimum Gasteiger partial charge on any atom is -0.496 e. The Labute approximate surface area is 105 Å². The molecule has 17 heavy (non-hydrogen) atoms. The number of aryl methyl sites for hydroxylation is 2. The zero-order chi connectivity index (χ0) is 13.2. The molecule has 0 spiro atoms. The van der Waals surface area contributed by atoms with E-state index in [1.54, 1.807) is 7.11 Å². The lowest BCUT2D eigenvalue weighted by atomic mass is 9.84. The van der Waals surface area contributed by atoms with Crippen molar-refractivity contribution in [2.75, 3.05) is 7.11 Å². The molecule has 2 nitrogen and oxygen atoms in total. The molecule has 0 radical (unpaired) electrons. The highest BCUT2D eigenvalue weighted by molar-refractivity contribution is 5.42. The lowest BCUT2D eigenvalue weighted by molar-refractivity contribution is 0.342. The molecule has 0 aliphatic carbocycles. The molecule has 2 heteroatoms. The molecule has 0 aromatic heterocycles. The van der Waals surface area contributed by atoms with Gasteiger partial charge in [-0.05, 0) is 48.4 Å². The Balaban J connectivity index is 3.02. The van der Waals surface area contributed by atoms with E-state index in [-0.39, 0.29) is 11.5 Å². The van der Waals surface area contributed by atoms with E-state index in [2.05, 4.69) is 46.8 Å². The van der Waals surface area contributed by atoms with E-state index in [0.29, 0.717) is 0 Å². The molecule has 1 unspecified atom stereocenters. The molecular weight excluding hydrogens is 210 g/mol. The molecule has 1 aromatic carbocycles. The van der Waals surface area contributed by atoms with Crippen LogP contribution in [0.2, 0.25) is 0 Å². The number of methoxy groups -OCH3 is 1. The van der Waals surface area contributed by atoms with Crippen LogP contribution in [0.5, 0.6) is 5.75 Å². The molecule has 2 N–H and O–H groups in total. The first-order valence-corrected chi connectivity index (χ1v) is 6.15. The lowest BCUT2D eigenvalue weighted by Gasteiger charge is -2.25. The Morgan fingerprint density at radius 2 is 1.76 bits per heavy atom. The first-order chi connectivity index (χ1) is 7.74. The molecule has 0 aliphatic rings. The van der Waals surface area contributed by atoms with Gasteiger partial charge in [0.25, 0.3) is 0 Å². The second-order valence-electron chi connectivity index (χ2n) is 6.05. The summed E-state index contributed by atoms with van der Waals surface area (Å²) in [5.74, 6) is 0.939. The smallest absolute Gasteiger partial charge is 0.122 e. The maximum absolute atomic E-state index is 6.30. The van der Waals surface area contributed by atoms with E-state index >= 15 is 0 Å². The van der Waals surface area contributed by atoms with Gasteiger partial charge in [0.05, 0.1) is 7.11 Å². The van der Waals surface area contributed by atoms with Crippen LogP contribution in [-0.4, -0.2) is 7.11 Å². The normalized spacial score (nSPS) is 13.6. The van der Waals surface area contributed by atoms with E-state index in [9.17, 15) is 0 Å². The second kappa shape index (κ2) is 5.09. The molecule has 1 atom stereocenters. The van der Waals surface area contributed by atoms with E-state index < -0.39 is 0 Å². The summed E-state index contributed by atoms with van der Waals surface area (Å²) in [6, 6.07) is 4.33. The number of ether oxygens (including phenoxy) is 1. The van der Waals surface area contributed by atoms with Crippen LogP contribution in [0.25, 0.3) is 0 Å². The minimum atomic E-state index is 0.0969. The number of rotatable bonds is 3. The van der Waals surface area contributed by atoms with Crippen LogP contribution in [0.3, 0.4) is 0 Å². The van der Waals surface area contributed by atoms with Crippen molar-refractivity contribution in [2.24, 2.45) is 11.1 Å². The minimum absolute atomic E-state index is 0.0969. The number of hydrogen-bond acceptors (Lipinski definition) is 2. The zero-order valence-corrected chi connectivity index (χ0v) is 11.9. The SMILES string of the molecule is COc1cc(C)c(C(N)CC(C)(C)C)cc1C. The van der Waals surface area contributed by atoms with Crippen molar-refractivity contribution in [3.8, 4) is 5.75 Å². The fourth-order valence-corrected chi connectivity index (χ4v) is 2.20. The molecule has 96 valence electrons. The van der Waals surface area contributed by atoms with Crippen LogP contribution in [-0.2, 0) is 0 Å². The molecule has 1 aromatic rings. The molecule has 0 saturated carbocycles. The predicted molar refractivity (Wildman–Crippen MR) is 73.5 cm³/mol. The van der Waals surface area contributed by atoms with Gasteiger partial charge >= 0.3 is 0 Å². The van der Waals surface area contributed by atoms with Gasteiger partial charge in [0, 0.05) is 6.04 Å². The number of nitrogens with two attached hydrogens (primary N) is 1. The van der Waals surface area contributed by atoms with Crippen molar-refractivity contribution in [3.63, 3.8) is 0 Å². The van der Waals surface area contributed by atoms with Gasteiger partial charge in [0.1, 0.15) is 5.75 Å². The zero-order valence-electron chi connectivity index (χ0n) is 11.9. The third-order valence-electron chi connectivity index (χ3n) is 3.02. The number of hydrogen-bond donors (Lipinski definition) is 1. The van der Waals surface area contributed by atoms with Crippen LogP contribution in [0, 0.1) is 19.3 Å². The number of benzene rings is 1. The molecule has 0 fully saturated rings. The van der Waals surface area contributed by atoms with Crippen molar-refractivity contribution in [1.82, 2.24) is 0 Å². The molecule has 0 amide bonds. The molecular formula is C15H25NO. The molecule has 0 saturated heterocycles. The summed E-state index contributed by atoms with van der Waals surface area (Å²) >= 11 is 0. The maximum atomic E-state index is 6.30. The lowest BCUT2D eigenvalue weighted by Crippen LogP contribution is -2.19. The summed E-state index contributed by atoms with van der Waals surface area (Å²) in [5, 5.41) is 0. The average molecular weight is 235 g/mol. The highest BCUT2D eigenvalue weighted by Gasteiger charge is 2.19. The summed E-state index contributed by atoms with van der Waals surface area (Å²) in [6.07, 6.45) is 0.986. The van der Waals surface area contributed by atoms with Gasteiger partial charge in [0.15, 0.2) is 0 Å². The summed E-state index contributed by atoms with van der Waals surface area (Å²) in [4.78, 5) is 0. The Hall–Kier alpha value is -1.02. The molecule has 0 heterocycles. The largest absolute Gasteiger partial charge is 0.496 e. The summed E-state index contributed by atoms with van der Waals surface area (Å²) in [6.45, 7) is 10.8. The van der Waals surface area contributed by atoms with Gasteiger partial charge in [-0.15, -0.1) is 0 Å². The Morgan fingerprint density at radius 3 is 2.24 bits per heavy atom. The van der Waals surface area contributed by atoms with Gasteiger partial charge in [-0.25, -0.2) is 0 Å². The van der Waals surface area contributed by atoms with Crippen LogP contribution >= 0.6 is 0 Å². The van der Waals surface area contributed by atoms with Crippen molar-refractivity contribution in [2.45, 2.75) is 47.1 Å². The van der Waals surface area contributed by atoms with Crippen molar-refractivity contribution < 1.29 is 4.74 Å². The van der Waals surface area contributed by atoms with Crippen LogP contribution < -0.4 is 10.5 Å². The van der Waals surface area contributed by atoms with Gasteiger partial charge < -0.3 is 10.5 Å². The Bertz CT molecular complexity index is 391. The fraction of sp³-hybridized carbons (Fsp3) is 0.600. The highest BCUT2D eigenvalue weighted by atomic mass is 16.5. The van der Waals surface area contributed by atoms with Gasteiger partial charge in [-0.3, -0.25) is 0 Å². The fourth-order valence-electron chi connectivity index (χ4n) is 2.20. The maximum Gasteiger partial charge on any atom is 0.122 e. The third-order valence-corrected chi connectivity index (χ3v) is 3.02. The predicted octanol–water partition coefficient (Wildman–Crippen LogP) is 3.75.